The van der Waals surface area contributed by atoms with Crippen LogP contribution < -0.4 is 5.32 Å². The van der Waals surface area contributed by atoms with Gasteiger partial charge in [0.05, 0.1) is 5.41 Å². The Kier molecular flexibility index (Phi) is 3.44. The van der Waals surface area contributed by atoms with Crippen molar-refractivity contribution < 1.29 is 9.18 Å². The highest BCUT2D eigenvalue weighted by atomic mass is 19.1. The van der Waals surface area contributed by atoms with Crippen LogP contribution in [-0.4, -0.2) is 37.0 Å². The number of nitrogens with one attached hydrogen (secondary N) is 1. The van der Waals surface area contributed by atoms with Gasteiger partial charge < -0.3 is 10.2 Å². The molecule has 0 unspecified atom stereocenters. The molecule has 1 aliphatic carbocycles. The van der Waals surface area contributed by atoms with Gasteiger partial charge in [0.25, 0.3) is 0 Å². The maximum absolute atomic E-state index is 13.3. The van der Waals surface area contributed by atoms with Crippen LogP contribution >= 0.6 is 0 Å². The quantitative estimate of drug-likeness (QED) is 0.909. The first-order valence-electron chi connectivity index (χ1n) is 8.45. The first kappa shape index (κ1) is 14.2. The third-order valence-corrected chi connectivity index (χ3v) is 5.94. The average molecular weight is 302 g/mol. The molecule has 2 heterocycles. The van der Waals surface area contributed by atoms with Crippen LogP contribution in [0.25, 0.3) is 0 Å². The van der Waals surface area contributed by atoms with Gasteiger partial charge >= 0.3 is 0 Å². The number of likely N-dealkylation sites (tertiary alicyclic amines) is 1. The predicted molar refractivity (Wildman–Crippen MR) is 83.0 cm³/mol. The van der Waals surface area contributed by atoms with Crippen molar-refractivity contribution in [3.63, 3.8) is 0 Å². The Labute approximate surface area is 130 Å². The number of nitrogens with zero attached hydrogens (tertiary/aromatic N) is 1. The lowest BCUT2D eigenvalue weighted by molar-refractivity contribution is -0.136. The molecule has 0 spiro atoms. The van der Waals surface area contributed by atoms with E-state index in [9.17, 15) is 9.18 Å². The Bertz CT molecular complexity index is 553. The van der Waals surface area contributed by atoms with Crippen LogP contribution in [0.3, 0.4) is 0 Å². The van der Waals surface area contributed by atoms with Crippen LogP contribution in [-0.2, 0) is 10.2 Å². The van der Waals surface area contributed by atoms with Crippen LogP contribution in [0.2, 0.25) is 0 Å². The number of amides is 1. The van der Waals surface area contributed by atoms with E-state index in [-0.39, 0.29) is 11.7 Å². The van der Waals surface area contributed by atoms with E-state index in [1.807, 2.05) is 12.1 Å². The lowest BCUT2D eigenvalue weighted by atomic mass is 9.77. The molecule has 3 fully saturated rings. The van der Waals surface area contributed by atoms with E-state index in [2.05, 4.69) is 10.2 Å². The molecular formula is C18H23FN2O. The summed E-state index contributed by atoms with van der Waals surface area (Å²) in [4.78, 5) is 15.4. The van der Waals surface area contributed by atoms with E-state index < -0.39 is 5.41 Å². The monoisotopic (exact) mass is 302 g/mol. The van der Waals surface area contributed by atoms with Crippen molar-refractivity contribution in [3.8, 4) is 0 Å². The molecule has 4 rings (SSSR count). The molecule has 1 amide bonds. The molecule has 2 aliphatic heterocycles. The highest BCUT2D eigenvalue weighted by Crippen LogP contribution is 2.44. The fourth-order valence-corrected chi connectivity index (χ4v) is 4.70. The highest BCUT2D eigenvalue weighted by molar-refractivity contribution is 5.89. The van der Waals surface area contributed by atoms with Crippen LogP contribution in [0, 0.1) is 17.7 Å². The molecule has 4 heteroatoms. The first-order valence-corrected chi connectivity index (χ1v) is 8.45. The normalized spacial score (nSPS) is 29.8. The summed E-state index contributed by atoms with van der Waals surface area (Å²) in [5, 5.41) is 3.42. The van der Waals surface area contributed by atoms with E-state index in [1.54, 1.807) is 0 Å². The molecule has 1 aromatic rings. The molecule has 1 N–H and O–H groups in total. The SMILES string of the molecule is O=C(N1C[C@H]2CNC[C@H]2C1)C1(c2ccc(F)cc2)CCCC1. The van der Waals surface area contributed by atoms with E-state index >= 15 is 0 Å². The van der Waals surface area contributed by atoms with Crippen molar-refractivity contribution in [1.82, 2.24) is 10.2 Å². The van der Waals surface area contributed by atoms with Gasteiger partial charge in [-0.3, -0.25) is 4.79 Å². The highest BCUT2D eigenvalue weighted by Gasteiger charge is 2.48. The number of rotatable bonds is 2. The van der Waals surface area contributed by atoms with Crippen LogP contribution in [0.1, 0.15) is 31.2 Å². The van der Waals surface area contributed by atoms with Crippen molar-refractivity contribution in [2.24, 2.45) is 11.8 Å². The molecule has 1 saturated carbocycles. The van der Waals surface area contributed by atoms with E-state index in [4.69, 9.17) is 0 Å². The van der Waals surface area contributed by atoms with Gasteiger partial charge in [0.1, 0.15) is 5.82 Å². The van der Waals surface area contributed by atoms with E-state index in [1.165, 1.54) is 12.1 Å². The van der Waals surface area contributed by atoms with E-state index in [0.29, 0.717) is 11.8 Å². The Morgan fingerprint density at radius 1 is 1.09 bits per heavy atom. The lowest BCUT2D eigenvalue weighted by Gasteiger charge is -2.33. The van der Waals surface area contributed by atoms with Crippen molar-refractivity contribution in [1.29, 1.82) is 0 Å². The average Bonchev–Trinajstić information content (AvgIpc) is 3.23. The van der Waals surface area contributed by atoms with Crippen molar-refractivity contribution in [2.45, 2.75) is 31.1 Å². The van der Waals surface area contributed by atoms with Crippen LogP contribution in [0.4, 0.5) is 4.39 Å². The fraction of sp³-hybridized carbons (Fsp3) is 0.611. The van der Waals surface area contributed by atoms with Gasteiger partial charge in [0.2, 0.25) is 5.91 Å². The number of hydrogen-bond donors (Lipinski definition) is 1. The number of halogens is 1. The van der Waals surface area contributed by atoms with Gasteiger partial charge in [-0.1, -0.05) is 25.0 Å². The van der Waals surface area contributed by atoms with Gasteiger partial charge in [0.15, 0.2) is 0 Å². The molecule has 3 aliphatic rings. The molecule has 118 valence electrons. The summed E-state index contributed by atoms with van der Waals surface area (Å²) in [7, 11) is 0. The second kappa shape index (κ2) is 5.34. The summed E-state index contributed by atoms with van der Waals surface area (Å²) in [5.74, 6) is 1.29. The summed E-state index contributed by atoms with van der Waals surface area (Å²) in [6.45, 7) is 3.86. The number of carbonyl (C=O) groups excluding carboxylic acids is 1. The second-order valence-corrected chi connectivity index (χ2v) is 7.18. The molecule has 0 radical (unpaired) electrons. The summed E-state index contributed by atoms with van der Waals surface area (Å²) >= 11 is 0. The molecule has 2 atom stereocenters. The number of benzene rings is 1. The summed E-state index contributed by atoms with van der Waals surface area (Å²) in [6.07, 6.45) is 3.99. The Morgan fingerprint density at radius 2 is 1.68 bits per heavy atom. The smallest absolute Gasteiger partial charge is 0.233 e. The minimum Gasteiger partial charge on any atom is -0.341 e. The number of hydrogen-bond acceptors (Lipinski definition) is 2. The Balaban J connectivity index is 1.61. The molecule has 0 aromatic heterocycles. The molecule has 0 bridgehead atoms. The first-order chi connectivity index (χ1) is 10.7. The maximum atomic E-state index is 13.3. The number of carbonyl (C=O) groups is 1. The summed E-state index contributed by atoms with van der Waals surface area (Å²) in [6, 6.07) is 6.62. The summed E-state index contributed by atoms with van der Waals surface area (Å²) < 4.78 is 13.3. The predicted octanol–water partition coefficient (Wildman–Crippen LogP) is 2.32. The zero-order valence-electron chi connectivity index (χ0n) is 12.9. The Morgan fingerprint density at radius 3 is 2.27 bits per heavy atom. The van der Waals surface area contributed by atoms with Crippen molar-refractivity contribution >= 4 is 5.91 Å². The topological polar surface area (TPSA) is 32.3 Å². The molecule has 2 saturated heterocycles. The number of fused-ring (bicyclic) bond motifs is 1. The zero-order chi connectivity index (χ0) is 15.2. The molecule has 3 nitrogen and oxygen atoms in total. The lowest BCUT2D eigenvalue weighted by Crippen LogP contribution is -2.45. The fourth-order valence-electron chi connectivity index (χ4n) is 4.70. The Hall–Kier alpha value is -1.42. The molecule has 22 heavy (non-hydrogen) atoms. The van der Waals surface area contributed by atoms with Gasteiger partial charge in [-0.15, -0.1) is 0 Å². The summed E-state index contributed by atoms with van der Waals surface area (Å²) in [5.41, 5.74) is 0.603. The van der Waals surface area contributed by atoms with Gasteiger partial charge in [0, 0.05) is 26.2 Å². The van der Waals surface area contributed by atoms with Crippen LogP contribution in [0.15, 0.2) is 24.3 Å². The molecule has 1 aromatic carbocycles. The van der Waals surface area contributed by atoms with Gasteiger partial charge in [-0.25, -0.2) is 4.39 Å². The molecular weight excluding hydrogens is 279 g/mol. The third-order valence-electron chi connectivity index (χ3n) is 5.94. The van der Waals surface area contributed by atoms with Crippen LogP contribution in [0.5, 0.6) is 0 Å². The minimum atomic E-state index is -0.403. The largest absolute Gasteiger partial charge is 0.341 e. The zero-order valence-corrected chi connectivity index (χ0v) is 12.9. The van der Waals surface area contributed by atoms with E-state index in [0.717, 1.165) is 57.4 Å². The third kappa shape index (κ3) is 2.16. The maximum Gasteiger partial charge on any atom is 0.233 e. The second-order valence-electron chi connectivity index (χ2n) is 7.18. The van der Waals surface area contributed by atoms with Gasteiger partial charge in [-0.05, 0) is 42.4 Å². The van der Waals surface area contributed by atoms with Gasteiger partial charge in [-0.2, -0.15) is 0 Å². The standard InChI is InChI=1S/C18H23FN2O/c19-16-5-3-15(4-6-16)18(7-1-2-8-18)17(22)21-11-13-9-20-10-14(13)12-21/h3-6,13-14,20H,1-2,7-12H2/t13-,14+. The van der Waals surface area contributed by atoms with Crippen molar-refractivity contribution in [2.75, 3.05) is 26.2 Å². The van der Waals surface area contributed by atoms with Crippen molar-refractivity contribution in [3.05, 3.63) is 35.6 Å². The minimum absolute atomic E-state index is 0.230.